The van der Waals surface area contributed by atoms with E-state index in [1.807, 2.05) is 74.5 Å². The number of benzene rings is 3. The van der Waals surface area contributed by atoms with Gasteiger partial charge in [0.25, 0.3) is 0 Å². The van der Waals surface area contributed by atoms with Crippen molar-refractivity contribution in [1.29, 1.82) is 0 Å². The molecule has 0 aromatic heterocycles. The summed E-state index contributed by atoms with van der Waals surface area (Å²) in [7, 11) is 0. The maximum absolute atomic E-state index is 13.7. The number of imide groups is 1. The van der Waals surface area contributed by atoms with Crippen molar-refractivity contribution in [2.75, 3.05) is 16.8 Å². The largest absolute Gasteiger partial charge is 0.508 e. The van der Waals surface area contributed by atoms with Crippen molar-refractivity contribution >= 4 is 35.0 Å². The zero-order valence-electron chi connectivity index (χ0n) is 23.3. The number of anilines is 3. The van der Waals surface area contributed by atoms with E-state index in [9.17, 15) is 24.9 Å². The first-order chi connectivity index (χ1) is 19.8. The summed E-state index contributed by atoms with van der Waals surface area (Å²) in [6.07, 6.45) is 2.60. The number of fused-ring (bicyclic) bond motifs is 1. The van der Waals surface area contributed by atoms with Crippen LogP contribution in [0.3, 0.4) is 0 Å². The fourth-order valence-corrected chi connectivity index (χ4v) is 6.20. The van der Waals surface area contributed by atoms with Gasteiger partial charge < -0.3 is 20.6 Å². The van der Waals surface area contributed by atoms with E-state index in [-0.39, 0.29) is 24.2 Å². The minimum Gasteiger partial charge on any atom is -0.508 e. The molecule has 0 bridgehead atoms. The number of nitrogens with zero attached hydrogens (tertiary/aromatic N) is 1. The maximum atomic E-state index is 13.7. The normalized spacial score (nSPS) is 21.7. The van der Waals surface area contributed by atoms with Gasteiger partial charge in [-0.1, -0.05) is 47.6 Å². The molecular weight excluding hydrogens is 516 g/mol. The van der Waals surface area contributed by atoms with Crippen LogP contribution in [0, 0.1) is 17.8 Å². The second-order valence-electron chi connectivity index (χ2n) is 11.0. The van der Waals surface area contributed by atoms with Crippen molar-refractivity contribution < 1.29 is 24.9 Å². The number of aliphatic hydroxyl groups excluding tert-OH is 2. The van der Waals surface area contributed by atoms with Gasteiger partial charge in [-0.25, -0.2) is 0 Å². The SMILES string of the molecule is CC1=C([C@H](O)CC/C(C)=C/c2ccc(O)cc2)[C@H](CO)[C@@H]2C(=O)N(c3ccc(Nc4ccccc4)cc3)C(=O)[C@@H]2C1. The molecule has 41 heavy (non-hydrogen) atoms. The van der Waals surface area contributed by atoms with Crippen molar-refractivity contribution in [2.45, 2.75) is 39.2 Å². The number of phenolic OH excluding ortho intramolecular Hbond substituents is 1. The van der Waals surface area contributed by atoms with Gasteiger partial charge >= 0.3 is 0 Å². The van der Waals surface area contributed by atoms with Crippen molar-refractivity contribution in [3.8, 4) is 5.75 Å². The van der Waals surface area contributed by atoms with E-state index in [2.05, 4.69) is 5.32 Å². The summed E-state index contributed by atoms with van der Waals surface area (Å²) in [5.74, 6) is -2.28. The van der Waals surface area contributed by atoms with Crippen molar-refractivity contribution in [3.05, 3.63) is 101 Å². The smallest absolute Gasteiger partial charge is 0.238 e. The lowest BCUT2D eigenvalue weighted by atomic mass is 9.68. The number of para-hydroxylation sites is 1. The third-order valence-corrected chi connectivity index (χ3v) is 8.19. The minimum absolute atomic E-state index is 0.207. The van der Waals surface area contributed by atoms with Crippen LogP contribution in [0.15, 0.2) is 95.6 Å². The highest BCUT2D eigenvalue weighted by atomic mass is 16.3. The molecule has 2 aliphatic rings. The molecule has 3 aromatic carbocycles. The number of aromatic hydroxyl groups is 1. The Kier molecular flexibility index (Phi) is 8.38. The number of rotatable bonds is 9. The Hall–Kier alpha value is -4.20. The molecule has 1 heterocycles. The summed E-state index contributed by atoms with van der Waals surface area (Å²) in [4.78, 5) is 28.5. The Morgan fingerprint density at radius 3 is 2.29 bits per heavy atom. The van der Waals surface area contributed by atoms with E-state index >= 15 is 0 Å². The second kappa shape index (κ2) is 12.1. The lowest BCUT2D eigenvalue weighted by Gasteiger charge is -2.35. The standard InChI is InChI=1S/C34H36N2O5/c1-21(18-23-9-15-27(38)16-10-23)8-17-30(39)31-22(2)19-28-32(29(31)20-37)34(41)36(33(28)40)26-13-11-25(12-14-26)35-24-6-4-3-5-7-24/h3-7,9-16,18,28-30,32,35,37-39H,8,17,19-20H2,1-2H3/b21-18+/t28-,29+,30-,32-/m1/s1. The van der Waals surface area contributed by atoms with Crippen LogP contribution in [0.4, 0.5) is 17.1 Å². The quantitative estimate of drug-likeness (QED) is 0.197. The number of carbonyl (C=O) groups is 2. The molecular formula is C34H36N2O5. The molecule has 1 saturated heterocycles. The van der Waals surface area contributed by atoms with Crippen LogP contribution in [-0.2, 0) is 9.59 Å². The number of carbonyl (C=O) groups excluding carboxylic acids is 2. The fourth-order valence-electron chi connectivity index (χ4n) is 6.20. The summed E-state index contributed by atoms with van der Waals surface area (Å²) >= 11 is 0. The van der Waals surface area contributed by atoms with E-state index in [0.717, 1.165) is 28.1 Å². The van der Waals surface area contributed by atoms with Gasteiger partial charge in [-0.3, -0.25) is 14.5 Å². The topological polar surface area (TPSA) is 110 Å². The molecule has 1 fully saturated rings. The predicted molar refractivity (Wildman–Crippen MR) is 161 cm³/mol. The van der Waals surface area contributed by atoms with E-state index in [0.29, 0.717) is 30.5 Å². The summed E-state index contributed by atoms with van der Waals surface area (Å²) in [6, 6.07) is 23.8. The van der Waals surface area contributed by atoms with Gasteiger partial charge in [-0.2, -0.15) is 0 Å². The van der Waals surface area contributed by atoms with E-state index < -0.39 is 23.9 Å². The second-order valence-corrected chi connectivity index (χ2v) is 11.0. The molecule has 0 unspecified atom stereocenters. The molecule has 4 N–H and O–H groups in total. The molecule has 1 aliphatic heterocycles. The molecule has 0 radical (unpaired) electrons. The molecule has 1 aliphatic carbocycles. The van der Waals surface area contributed by atoms with E-state index in [1.54, 1.807) is 24.3 Å². The lowest BCUT2D eigenvalue weighted by Crippen LogP contribution is -2.38. The fraction of sp³-hybridized carbons (Fsp3) is 0.294. The van der Waals surface area contributed by atoms with Crippen molar-refractivity contribution in [3.63, 3.8) is 0 Å². The van der Waals surface area contributed by atoms with Crippen LogP contribution in [0.25, 0.3) is 6.08 Å². The highest BCUT2D eigenvalue weighted by Gasteiger charge is 2.54. The van der Waals surface area contributed by atoms with Crippen LogP contribution in [0.1, 0.15) is 38.7 Å². The predicted octanol–water partition coefficient (Wildman–Crippen LogP) is 5.81. The highest BCUT2D eigenvalue weighted by molar-refractivity contribution is 6.22. The van der Waals surface area contributed by atoms with Crippen molar-refractivity contribution in [2.24, 2.45) is 17.8 Å². The molecule has 0 saturated carbocycles. The molecule has 4 atom stereocenters. The van der Waals surface area contributed by atoms with E-state index in [4.69, 9.17) is 0 Å². The van der Waals surface area contributed by atoms with Gasteiger partial charge in [-0.15, -0.1) is 0 Å². The first-order valence-electron chi connectivity index (χ1n) is 14.0. The van der Waals surface area contributed by atoms with Crippen LogP contribution in [0.2, 0.25) is 0 Å². The summed E-state index contributed by atoms with van der Waals surface area (Å²) in [6.45, 7) is 3.56. The van der Waals surface area contributed by atoms with Crippen LogP contribution in [0.5, 0.6) is 5.75 Å². The molecule has 7 nitrogen and oxygen atoms in total. The number of hydrogen-bond acceptors (Lipinski definition) is 6. The number of nitrogens with one attached hydrogen (secondary N) is 1. The number of aliphatic hydroxyl groups is 2. The molecule has 3 aromatic rings. The Morgan fingerprint density at radius 1 is 0.976 bits per heavy atom. The van der Waals surface area contributed by atoms with Crippen LogP contribution in [-0.4, -0.2) is 39.8 Å². The number of phenols is 1. The Morgan fingerprint density at radius 2 is 1.63 bits per heavy atom. The monoisotopic (exact) mass is 552 g/mol. The first-order valence-corrected chi connectivity index (χ1v) is 14.0. The molecule has 212 valence electrons. The lowest BCUT2D eigenvalue weighted by molar-refractivity contribution is -0.123. The van der Waals surface area contributed by atoms with Gasteiger partial charge in [-0.05, 0) is 92.8 Å². The number of amides is 2. The molecule has 0 spiro atoms. The van der Waals surface area contributed by atoms with E-state index in [1.165, 1.54) is 4.90 Å². The zero-order chi connectivity index (χ0) is 29.1. The Bertz CT molecular complexity index is 1460. The van der Waals surface area contributed by atoms with Gasteiger partial charge in [0.05, 0.1) is 30.2 Å². The van der Waals surface area contributed by atoms with Gasteiger partial charge in [0.2, 0.25) is 11.8 Å². The van der Waals surface area contributed by atoms with Crippen molar-refractivity contribution in [1.82, 2.24) is 0 Å². The Labute approximate surface area is 240 Å². The number of hydrogen-bond donors (Lipinski definition) is 4. The molecule has 2 amide bonds. The maximum Gasteiger partial charge on any atom is 0.238 e. The molecule has 7 heteroatoms. The summed E-state index contributed by atoms with van der Waals surface area (Å²) in [5, 5.41) is 34.5. The summed E-state index contributed by atoms with van der Waals surface area (Å²) in [5.41, 5.74) is 5.83. The van der Waals surface area contributed by atoms with Gasteiger partial charge in [0.1, 0.15) is 5.75 Å². The average Bonchev–Trinajstić information content (AvgIpc) is 3.22. The highest BCUT2D eigenvalue weighted by Crippen LogP contribution is 2.47. The molecule has 5 rings (SSSR count). The third-order valence-electron chi connectivity index (χ3n) is 8.19. The van der Waals surface area contributed by atoms with Gasteiger partial charge in [0.15, 0.2) is 0 Å². The third kappa shape index (κ3) is 5.97. The van der Waals surface area contributed by atoms with Gasteiger partial charge in [0, 0.05) is 17.3 Å². The van der Waals surface area contributed by atoms with Crippen LogP contribution < -0.4 is 10.2 Å². The Balaban J connectivity index is 1.30. The minimum atomic E-state index is -0.837. The average molecular weight is 553 g/mol. The first kappa shape index (κ1) is 28.3. The summed E-state index contributed by atoms with van der Waals surface area (Å²) < 4.78 is 0. The van der Waals surface area contributed by atoms with Crippen LogP contribution >= 0.6 is 0 Å². The number of allylic oxidation sites excluding steroid dienone is 2. The zero-order valence-corrected chi connectivity index (χ0v) is 23.3.